The second-order valence-electron chi connectivity index (χ2n) is 5.46. The van der Waals surface area contributed by atoms with Crippen LogP contribution in [0.25, 0.3) is 0 Å². The smallest absolute Gasteiger partial charge is 0.224 e. The Morgan fingerprint density at radius 3 is 2.69 bits per heavy atom. The maximum absolute atomic E-state index is 12.0. The fraction of sp³-hybridized carbons (Fsp3) is 0.769. The number of nitrogens with one attached hydrogen (secondary N) is 1. The van der Waals surface area contributed by atoms with Gasteiger partial charge in [0.1, 0.15) is 0 Å². The number of hydrogen-bond acceptors (Lipinski definition) is 2. The van der Waals surface area contributed by atoms with Crippen LogP contribution >= 0.6 is 0 Å². The lowest BCUT2D eigenvalue weighted by Crippen LogP contribution is -2.35. The van der Waals surface area contributed by atoms with E-state index in [0.717, 1.165) is 6.42 Å². The Balaban J connectivity index is 1.49. The maximum Gasteiger partial charge on any atom is 0.224 e. The van der Waals surface area contributed by atoms with Crippen molar-refractivity contribution in [1.29, 1.82) is 0 Å². The number of aliphatic hydroxyl groups excluding tert-OH is 1. The predicted molar refractivity (Wildman–Crippen MR) is 60.6 cm³/mol. The zero-order chi connectivity index (χ0) is 11.1. The van der Waals surface area contributed by atoms with E-state index in [1.54, 1.807) is 0 Å². The van der Waals surface area contributed by atoms with Crippen LogP contribution in [0.3, 0.4) is 0 Å². The van der Waals surface area contributed by atoms with Crippen LogP contribution in [0.15, 0.2) is 12.2 Å². The van der Waals surface area contributed by atoms with Crippen LogP contribution < -0.4 is 5.32 Å². The first-order valence-corrected chi connectivity index (χ1v) is 6.39. The third kappa shape index (κ3) is 1.67. The number of carbonyl (C=O) groups is 1. The van der Waals surface area contributed by atoms with Crippen molar-refractivity contribution < 1.29 is 9.90 Å². The van der Waals surface area contributed by atoms with Crippen molar-refractivity contribution in [2.24, 2.45) is 23.7 Å². The highest BCUT2D eigenvalue weighted by Crippen LogP contribution is 2.57. The van der Waals surface area contributed by atoms with Crippen LogP contribution in [0.1, 0.15) is 25.7 Å². The minimum absolute atomic E-state index is 0.158. The summed E-state index contributed by atoms with van der Waals surface area (Å²) in [6.07, 6.45) is 8.72. The average Bonchev–Trinajstić information content (AvgIpc) is 2.72. The monoisotopic (exact) mass is 221 g/mol. The van der Waals surface area contributed by atoms with Gasteiger partial charge < -0.3 is 10.4 Å². The minimum Gasteiger partial charge on any atom is -0.396 e. The van der Waals surface area contributed by atoms with Gasteiger partial charge in [0.2, 0.25) is 5.91 Å². The van der Waals surface area contributed by atoms with Crippen molar-refractivity contribution >= 4 is 5.91 Å². The Bertz CT molecular complexity index is 316. The first kappa shape index (κ1) is 10.3. The molecule has 2 saturated carbocycles. The maximum atomic E-state index is 12.0. The van der Waals surface area contributed by atoms with Crippen LogP contribution in [-0.4, -0.2) is 23.7 Å². The highest BCUT2D eigenvalue weighted by atomic mass is 16.3. The van der Waals surface area contributed by atoms with Gasteiger partial charge in [-0.05, 0) is 31.1 Å². The fourth-order valence-corrected chi connectivity index (χ4v) is 3.51. The fourth-order valence-electron chi connectivity index (χ4n) is 3.51. The van der Waals surface area contributed by atoms with Gasteiger partial charge in [0, 0.05) is 24.5 Å². The largest absolute Gasteiger partial charge is 0.396 e. The zero-order valence-corrected chi connectivity index (χ0v) is 9.43. The predicted octanol–water partition coefficient (Wildman–Crippen LogP) is 1.09. The Morgan fingerprint density at radius 1 is 1.31 bits per heavy atom. The van der Waals surface area contributed by atoms with E-state index in [2.05, 4.69) is 5.32 Å². The van der Waals surface area contributed by atoms with Crippen molar-refractivity contribution in [2.45, 2.75) is 31.7 Å². The minimum atomic E-state index is 0.158. The van der Waals surface area contributed by atoms with Gasteiger partial charge in [-0.3, -0.25) is 4.79 Å². The summed E-state index contributed by atoms with van der Waals surface area (Å²) in [5.41, 5.74) is 0. The normalized spacial score (nSPS) is 44.4. The summed E-state index contributed by atoms with van der Waals surface area (Å²) >= 11 is 0. The Morgan fingerprint density at radius 2 is 2.06 bits per heavy atom. The molecular formula is C13H19NO2. The summed E-state index contributed by atoms with van der Waals surface area (Å²) in [5.74, 6) is 2.19. The quantitative estimate of drug-likeness (QED) is 0.701. The molecule has 0 spiro atoms. The molecule has 0 aromatic heterocycles. The number of carbonyl (C=O) groups excluding carboxylic acids is 1. The molecule has 0 aromatic rings. The van der Waals surface area contributed by atoms with Crippen LogP contribution in [0.4, 0.5) is 0 Å². The molecule has 2 unspecified atom stereocenters. The van der Waals surface area contributed by atoms with Crippen LogP contribution in [0, 0.1) is 23.7 Å². The summed E-state index contributed by atoms with van der Waals surface area (Å²) in [7, 11) is 0. The number of aliphatic hydroxyl groups is 1. The van der Waals surface area contributed by atoms with E-state index in [4.69, 9.17) is 5.11 Å². The summed E-state index contributed by atoms with van der Waals surface area (Å²) in [6, 6.07) is 0.158. The summed E-state index contributed by atoms with van der Waals surface area (Å²) in [6.45, 7) is 0.192. The van der Waals surface area contributed by atoms with Gasteiger partial charge >= 0.3 is 0 Å². The third-order valence-electron chi connectivity index (χ3n) is 4.44. The molecule has 3 heteroatoms. The second kappa shape index (κ2) is 3.88. The van der Waals surface area contributed by atoms with E-state index < -0.39 is 0 Å². The van der Waals surface area contributed by atoms with Crippen molar-refractivity contribution in [3.05, 3.63) is 12.2 Å². The van der Waals surface area contributed by atoms with E-state index in [1.807, 2.05) is 12.2 Å². The molecule has 16 heavy (non-hydrogen) atoms. The summed E-state index contributed by atoms with van der Waals surface area (Å²) in [5, 5.41) is 12.1. The van der Waals surface area contributed by atoms with Crippen LogP contribution in [-0.2, 0) is 4.79 Å². The molecule has 0 aliphatic heterocycles. The average molecular weight is 221 g/mol. The molecule has 0 saturated heterocycles. The summed E-state index contributed by atoms with van der Waals surface area (Å²) in [4.78, 5) is 12.0. The van der Waals surface area contributed by atoms with Crippen molar-refractivity contribution in [2.75, 3.05) is 6.61 Å². The Hall–Kier alpha value is -0.830. The van der Waals surface area contributed by atoms with E-state index in [0.29, 0.717) is 17.8 Å². The van der Waals surface area contributed by atoms with E-state index >= 15 is 0 Å². The molecule has 1 amide bonds. The first-order chi connectivity index (χ1) is 7.79. The van der Waals surface area contributed by atoms with Gasteiger partial charge in [-0.25, -0.2) is 0 Å². The highest BCUT2D eigenvalue weighted by molar-refractivity contribution is 5.83. The third-order valence-corrected chi connectivity index (χ3v) is 4.44. The van der Waals surface area contributed by atoms with E-state index in [9.17, 15) is 4.79 Å². The van der Waals surface area contributed by atoms with Crippen LogP contribution in [0.2, 0.25) is 0 Å². The van der Waals surface area contributed by atoms with Crippen LogP contribution in [0.5, 0.6) is 0 Å². The van der Waals surface area contributed by atoms with Gasteiger partial charge in [0.25, 0.3) is 0 Å². The lowest BCUT2D eigenvalue weighted by molar-refractivity contribution is -0.123. The first-order valence-electron chi connectivity index (χ1n) is 6.39. The van der Waals surface area contributed by atoms with Gasteiger partial charge in [-0.2, -0.15) is 0 Å². The molecule has 88 valence electrons. The van der Waals surface area contributed by atoms with E-state index in [1.165, 1.54) is 19.3 Å². The van der Waals surface area contributed by atoms with Gasteiger partial charge in [-0.15, -0.1) is 0 Å². The number of hydrogen-bond donors (Lipinski definition) is 2. The molecule has 2 fully saturated rings. The molecule has 3 nitrogen and oxygen atoms in total. The Labute approximate surface area is 95.9 Å². The molecule has 0 bridgehead atoms. The summed E-state index contributed by atoms with van der Waals surface area (Å²) < 4.78 is 0. The molecule has 3 aliphatic rings. The SMILES string of the molecule is O=C(N[C@@H]1C=C[C@H](CO)C1)C1C2CCCC21. The molecule has 4 atom stereocenters. The number of fused-ring (bicyclic) bond motifs is 1. The van der Waals surface area contributed by atoms with Gasteiger partial charge in [-0.1, -0.05) is 18.6 Å². The number of amides is 1. The van der Waals surface area contributed by atoms with Gasteiger partial charge in [0.15, 0.2) is 0 Å². The van der Waals surface area contributed by atoms with Crippen molar-refractivity contribution in [1.82, 2.24) is 5.32 Å². The Kier molecular flexibility index (Phi) is 2.51. The second-order valence-corrected chi connectivity index (χ2v) is 5.46. The standard InChI is InChI=1S/C13H19NO2/c15-7-8-4-5-9(6-8)14-13(16)12-10-2-1-3-11(10)12/h4-5,8-12,15H,1-3,6-7H2,(H,14,16)/t8-,9+,10?,11?,12?/m0/s1. The molecular weight excluding hydrogens is 202 g/mol. The molecule has 0 aromatic carbocycles. The highest BCUT2D eigenvalue weighted by Gasteiger charge is 2.56. The van der Waals surface area contributed by atoms with Gasteiger partial charge in [0.05, 0.1) is 0 Å². The zero-order valence-electron chi connectivity index (χ0n) is 9.43. The molecule has 2 N–H and O–H groups in total. The molecule has 3 rings (SSSR count). The molecule has 0 radical (unpaired) electrons. The lowest BCUT2D eigenvalue weighted by atomic mass is 10.1. The lowest BCUT2D eigenvalue weighted by Gasteiger charge is -2.13. The van der Waals surface area contributed by atoms with E-state index in [-0.39, 0.29) is 24.5 Å². The van der Waals surface area contributed by atoms with Crippen molar-refractivity contribution in [3.63, 3.8) is 0 Å². The number of rotatable bonds is 3. The topological polar surface area (TPSA) is 49.3 Å². The van der Waals surface area contributed by atoms with Crippen molar-refractivity contribution in [3.8, 4) is 0 Å². The molecule has 0 heterocycles. The molecule has 3 aliphatic carbocycles.